The van der Waals surface area contributed by atoms with Gasteiger partial charge in [0.15, 0.2) is 0 Å². The van der Waals surface area contributed by atoms with Crippen molar-refractivity contribution in [3.8, 4) is 5.75 Å². The number of halogens is 1. The van der Waals surface area contributed by atoms with Gasteiger partial charge in [0.2, 0.25) is 0 Å². The number of hydrogen-bond donors (Lipinski definition) is 2. The number of ether oxygens (including phenoxy) is 2. The summed E-state index contributed by atoms with van der Waals surface area (Å²) in [5, 5.41) is 5.57. The monoisotopic (exact) mass is 348 g/mol. The van der Waals surface area contributed by atoms with E-state index in [1.165, 1.54) is 12.1 Å². The Labute approximate surface area is 144 Å². The summed E-state index contributed by atoms with van der Waals surface area (Å²) in [6, 6.07) is 11.1. The van der Waals surface area contributed by atoms with Crippen LogP contribution in [0.5, 0.6) is 5.75 Å². The Morgan fingerprint density at radius 1 is 1.08 bits per heavy atom. The van der Waals surface area contributed by atoms with Crippen molar-refractivity contribution in [1.29, 1.82) is 0 Å². The van der Waals surface area contributed by atoms with Crippen LogP contribution in [0, 0.1) is 0 Å². The van der Waals surface area contributed by atoms with Gasteiger partial charge in [-0.15, -0.1) is 0 Å². The van der Waals surface area contributed by atoms with Crippen molar-refractivity contribution in [2.75, 3.05) is 24.4 Å². The second kappa shape index (κ2) is 8.21. The van der Waals surface area contributed by atoms with Crippen LogP contribution < -0.4 is 15.4 Å². The fourth-order valence-corrected chi connectivity index (χ4v) is 2.16. The molecule has 0 aromatic heterocycles. The van der Waals surface area contributed by atoms with Crippen molar-refractivity contribution in [2.24, 2.45) is 0 Å². The topological polar surface area (TPSA) is 76.7 Å². The van der Waals surface area contributed by atoms with Gasteiger partial charge in [0.25, 0.3) is 0 Å². The Morgan fingerprint density at radius 2 is 1.79 bits per heavy atom. The highest BCUT2D eigenvalue weighted by atomic mass is 35.5. The molecule has 0 radical (unpaired) electrons. The van der Waals surface area contributed by atoms with Gasteiger partial charge in [-0.2, -0.15) is 0 Å². The van der Waals surface area contributed by atoms with Crippen LogP contribution in [0.3, 0.4) is 0 Å². The summed E-state index contributed by atoms with van der Waals surface area (Å²) in [5.74, 6) is 0.0863. The summed E-state index contributed by atoms with van der Waals surface area (Å²) >= 11 is 5.98. The fourth-order valence-electron chi connectivity index (χ4n) is 1.96. The summed E-state index contributed by atoms with van der Waals surface area (Å²) in [4.78, 5) is 23.9. The maximum Gasteiger partial charge on any atom is 0.339 e. The van der Waals surface area contributed by atoms with Gasteiger partial charge in [-0.25, -0.2) is 9.59 Å². The molecule has 24 heavy (non-hydrogen) atoms. The van der Waals surface area contributed by atoms with E-state index in [1.54, 1.807) is 44.4 Å². The van der Waals surface area contributed by atoms with E-state index < -0.39 is 12.0 Å². The van der Waals surface area contributed by atoms with E-state index >= 15 is 0 Å². The van der Waals surface area contributed by atoms with Crippen molar-refractivity contribution in [3.05, 3.63) is 53.1 Å². The number of carbonyl (C=O) groups excluding carboxylic acids is 2. The van der Waals surface area contributed by atoms with Crippen LogP contribution in [0.1, 0.15) is 17.3 Å². The SMILES string of the molecule is CCOC(=O)c1cc(NC(=O)Nc2cccc(OC)c2)ccc1Cl. The molecule has 0 saturated carbocycles. The summed E-state index contributed by atoms with van der Waals surface area (Å²) in [7, 11) is 1.55. The lowest BCUT2D eigenvalue weighted by Gasteiger charge is -2.10. The summed E-state index contributed by atoms with van der Waals surface area (Å²) in [6.45, 7) is 1.94. The first-order chi connectivity index (χ1) is 11.5. The van der Waals surface area contributed by atoms with E-state index in [2.05, 4.69) is 10.6 Å². The van der Waals surface area contributed by atoms with Crippen LogP contribution in [0.15, 0.2) is 42.5 Å². The molecule has 0 atom stereocenters. The summed E-state index contributed by atoms with van der Waals surface area (Å²) in [5.41, 5.74) is 1.19. The van der Waals surface area contributed by atoms with Crippen molar-refractivity contribution >= 4 is 35.0 Å². The molecule has 0 aliphatic carbocycles. The number of anilines is 2. The molecule has 2 aromatic carbocycles. The second-order valence-electron chi connectivity index (χ2n) is 4.73. The number of nitrogens with one attached hydrogen (secondary N) is 2. The van der Waals surface area contributed by atoms with E-state index in [-0.39, 0.29) is 17.2 Å². The van der Waals surface area contributed by atoms with Crippen molar-refractivity contribution in [1.82, 2.24) is 0 Å². The average molecular weight is 349 g/mol. The normalized spacial score (nSPS) is 9.96. The lowest BCUT2D eigenvalue weighted by Crippen LogP contribution is -2.19. The molecule has 0 unspecified atom stereocenters. The molecule has 0 bridgehead atoms. The number of rotatable bonds is 5. The number of methoxy groups -OCH3 is 1. The van der Waals surface area contributed by atoms with Crippen LogP contribution in [0.25, 0.3) is 0 Å². The van der Waals surface area contributed by atoms with Crippen LogP contribution in [-0.4, -0.2) is 25.7 Å². The third kappa shape index (κ3) is 4.63. The third-order valence-electron chi connectivity index (χ3n) is 3.05. The fraction of sp³-hybridized carbons (Fsp3) is 0.176. The zero-order valence-electron chi connectivity index (χ0n) is 13.3. The van der Waals surface area contributed by atoms with E-state index in [0.29, 0.717) is 17.1 Å². The molecular weight excluding hydrogens is 332 g/mol. The van der Waals surface area contributed by atoms with E-state index in [9.17, 15) is 9.59 Å². The molecule has 7 heteroatoms. The van der Waals surface area contributed by atoms with E-state index in [1.807, 2.05) is 0 Å². The van der Waals surface area contributed by atoms with Gasteiger partial charge < -0.3 is 20.1 Å². The molecule has 126 valence electrons. The van der Waals surface area contributed by atoms with Gasteiger partial charge in [-0.3, -0.25) is 0 Å². The lowest BCUT2D eigenvalue weighted by molar-refractivity contribution is 0.0526. The molecular formula is C17H17ClN2O4. The van der Waals surface area contributed by atoms with E-state index in [4.69, 9.17) is 21.1 Å². The van der Waals surface area contributed by atoms with Crippen LogP contribution in [0.4, 0.5) is 16.2 Å². The average Bonchev–Trinajstić information content (AvgIpc) is 2.57. The van der Waals surface area contributed by atoms with Crippen LogP contribution >= 0.6 is 11.6 Å². The molecule has 6 nitrogen and oxygen atoms in total. The molecule has 0 aliphatic heterocycles. The maximum atomic E-state index is 12.1. The predicted molar refractivity (Wildman–Crippen MR) is 93.0 cm³/mol. The smallest absolute Gasteiger partial charge is 0.339 e. The van der Waals surface area contributed by atoms with Crippen molar-refractivity contribution < 1.29 is 19.1 Å². The van der Waals surface area contributed by atoms with Gasteiger partial charge in [0.05, 0.1) is 24.3 Å². The highest BCUT2D eigenvalue weighted by Crippen LogP contribution is 2.22. The minimum absolute atomic E-state index is 0.192. The lowest BCUT2D eigenvalue weighted by atomic mass is 10.2. The molecule has 0 spiro atoms. The first-order valence-electron chi connectivity index (χ1n) is 7.22. The Morgan fingerprint density at radius 3 is 2.46 bits per heavy atom. The molecule has 0 heterocycles. The minimum Gasteiger partial charge on any atom is -0.497 e. The van der Waals surface area contributed by atoms with Gasteiger partial charge in [-0.1, -0.05) is 17.7 Å². The summed E-state index contributed by atoms with van der Waals surface area (Å²) in [6.07, 6.45) is 0. The Bertz CT molecular complexity index is 749. The largest absolute Gasteiger partial charge is 0.497 e. The molecule has 2 rings (SSSR count). The zero-order valence-corrected chi connectivity index (χ0v) is 14.0. The third-order valence-corrected chi connectivity index (χ3v) is 3.38. The van der Waals surface area contributed by atoms with Crippen LogP contribution in [0.2, 0.25) is 5.02 Å². The Balaban J connectivity index is 2.08. The second-order valence-corrected chi connectivity index (χ2v) is 5.13. The summed E-state index contributed by atoms with van der Waals surface area (Å²) < 4.78 is 10.0. The first kappa shape index (κ1) is 17.6. The Kier molecular flexibility index (Phi) is 6.03. The molecule has 2 amide bonds. The zero-order chi connectivity index (χ0) is 17.5. The van der Waals surface area contributed by atoms with Crippen molar-refractivity contribution in [3.63, 3.8) is 0 Å². The number of benzene rings is 2. The number of urea groups is 1. The number of esters is 1. The van der Waals surface area contributed by atoms with Crippen LogP contribution in [-0.2, 0) is 4.74 Å². The highest BCUT2D eigenvalue weighted by Gasteiger charge is 2.13. The molecule has 2 N–H and O–H groups in total. The van der Waals surface area contributed by atoms with Gasteiger partial charge in [0.1, 0.15) is 5.75 Å². The van der Waals surface area contributed by atoms with Gasteiger partial charge in [-0.05, 0) is 37.3 Å². The molecule has 0 fully saturated rings. The molecule has 0 saturated heterocycles. The quantitative estimate of drug-likeness (QED) is 0.795. The highest BCUT2D eigenvalue weighted by molar-refractivity contribution is 6.33. The Hall–Kier alpha value is -2.73. The number of hydrogen-bond acceptors (Lipinski definition) is 4. The van der Waals surface area contributed by atoms with E-state index in [0.717, 1.165) is 0 Å². The first-order valence-corrected chi connectivity index (χ1v) is 7.60. The predicted octanol–water partition coefficient (Wildman–Crippen LogP) is 4.17. The minimum atomic E-state index is -0.542. The number of amides is 2. The standard InChI is InChI=1S/C17H17ClN2O4/c1-3-24-16(21)14-10-12(7-8-15(14)18)20-17(22)19-11-5-4-6-13(9-11)23-2/h4-10H,3H2,1-2H3,(H2,19,20,22). The maximum absolute atomic E-state index is 12.1. The van der Waals surface area contributed by atoms with Crippen molar-refractivity contribution in [2.45, 2.75) is 6.92 Å². The van der Waals surface area contributed by atoms with Gasteiger partial charge in [0, 0.05) is 17.4 Å². The van der Waals surface area contributed by atoms with Gasteiger partial charge >= 0.3 is 12.0 Å². The number of carbonyl (C=O) groups is 2. The molecule has 0 aliphatic rings. The molecule has 2 aromatic rings.